The minimum atomic E-state index is 0. The summed E-state index contributed by atoms with van der Waals surface area (Å²) in [5.41, 5.74) is 21.5. The molecule has 1 atom stereocenters. The number of furan rings is 1. The molecule has 12 rings (SSSR count). The van der Waals surface area contributed by atoms with E-state index in [-0.39, 0.29) is 99.6 Å². The van der Waals surface area contributed by atoms with E-state index in [2.05, 4.69) is 192 Å². The molecule has 17 heteroatoms. The van der Waals surface area contributed by atoms with Crippen LogP contribution in [-0.4, -0.2) is 65.5 Å². The van der Waals surface area contributed by atoms with Crippen LogP contribution in [0.1, 0.15) is 265 Å². The normalized spacial score (nSPS) is 11.6. The standard InChI is InChI=1S/C8H10.C7H12N2.C7H9N.C7H12OS.C7H10O.C7H12O.C7H10S.C6H9NS.C6H10O.C6H8S.C5H5ClN2.C5H7NS.12CH4/c1-7-5-3-4-6-8(7)2;1-5-6(2)8-9(4)7(5)3;1-6-4-3-5-8-7(6)2;1-6-7(2)9(3)5-4-8-6;1-5-4-6(2)8-7(5)3;1-6-4-3-5-8-7(6)2;1-5-4-6(2)8-7(5)3;1-4-5(2)8-6(3)7-4;1-5-3-4-7-6(5)2;1-5-3-7-4-6(5)2;1-4-5(6)8-3-2-7-4;1-4-3-7-6-5(4)2;;;;;;;;;;;;/h3-6H,1-2H3;1-4H3;3-5H,1-2H3;3-5H2,1-2H3;4H,1-3H3;3-5H2,1-2H3;4H,1-3H3;1-3H3;3-4H2,1-2H3;3-4H,1-2H3;2-3H,1H3;3H,1-2H3;12*1H4. The zero-order valence-electron chi connectivity index (χ0n) is 62.9. The molecule has 0 saturated carbocycles. The van der Waals surface area contributed by atoms with Crippen LogP contribution in [-0.2, 0) is 21.3 Å². The molecule has 1 aromatic carbocycles. The highest BCUT2D eigenvalue weighted by Crippen LogP contribution is 2.29. The average Bonchev–Trinajstić information content (AvgIpc) is 1.70. The van der Waals surface area contributed by atoms with Crippen LogP contribution >= 0.6 is 67.6 Å². The molecule has 0 spiro atoms. The van der Waals surface area contributed by atoms with Crippen molar-refractivity contribution in [2.75, 3.05) is 25.6 Å². The van der Waals surface area contributed by atoms with E-state index in [1.54, 1.807) is 35.1 Å². The van der Waals surface area contributed by atoms with E-state index in [1.807, 2.05) is 124 Å². The minimum absolute atomic E-state index is 0. The zero-order chi connectivity index (χ0) is 72.1. The number of rotatable bonds is 0. The van der Waals surface area contributed by atoms with Crippen molar-refractivity contribution in [3.05, 3.63) is 237 Å². The number of aromatic nitrogens is 7. The molecular weight excluding hydrogens is 1440 g/mol. The maximum atomic E-state index is 5.54. The Balaban J connectivity index is -0.0000000911. The smallest absolute Gasteiger partial charge is 0.150 e. The lowest BCUT2D eigenvalue weighted by atomic mass is 10.1. The summed E-state index contributed by atoms with van der Waals surface area (Å²) in [5.74, 6) is 10.5. The first-order valence-corrected chi connectivity index (χ1v) is 37.5. The van der Waals surface area contributed by atoms with E-state index in [0.717, 1.165) is 83.6 Å². The molecule has 0 fully saturated rings. The molecule has 0 amide bonds. The molecule has 107 heavy (non-hydrogen) atoms. The molecule has 1 unspecified atom stereocenters. The molecule has 3 aliphatic heterocycles. The topological polar surface area (TPSA) is 123 Å². The molecule has 0 bridgehead atoms. The van der Waals surface area contributed by atoms with Crippen molar-refractivity contribution in [2.45, 2.75) is 295 Å². The Morgan fingerprint density at radius 2 is 0.953 bits per heavy atom. The van der Waals surface area contributed by atoms with Crippen LogP contribution in [0, 0.1) is 145 Å². The fraction of sp³-hybridized carbons (Fsp3) is 0.522. The predicted molar refractivity (Wildman–Crippen MR) is 499 cm³/mol. The number of thiazole rings is 1. The van der Waals surface area contributed by atoms with Gasteiger partial charge >= 0.3 is 0 Å². The summed E-state index contributed by atoms with van der Waals surface area (Å²) in [5, 5.41) is 12.2. The molecule has 618 valence electrons. The average molecular weight is 1600 g/mol. The first-order chi connectivity index (χ1) is 44.6. The quantitative estimate of drug-likeness (QED) is 0.136. The van der Waals surface area contributed by atoms with Gasteiger partial charge in [0.05, 0.1) is 59.1 Å². The second-order valence-electron chi connectivity index (χ2n) is 23.6. The third kappa shape index (κ3) is 53.3. The summed E-state index contributed by atoms with van der Waals surface area (Å²) >= 11 is 12.4. The summed E-state index contributed by atoms with van der Waals surface area (Å²) in [4.78, 5) is 21.5. The van der Waals surface area contributed by atoms with E-state index in [0.29, 0.717) is 5.15 Å². The van der Waals surface area contributed by atoms with E-state index >= 15 is 0 Å². The van der Waals surface area contributed by atoms with Crippen molar-refractivity contribution in [3.63, 3.8) is 0 Å². The van der Waals surface area contributed by atoms with Crippen molar-refractivity contribution in [1.29, 1.82) is 0 Å². The second kappa shape index (κ2) is 69.0. The molecule has 0 aliphatic carbocycles. The lowest BCUT2D eigenvalue weighted by molar-refractivity contribution is 0.189. The maximum Gasteiger partial charge on any atom is 0.150 e. The molecule has 8 aromatic heterocycles. The highest BCUT2D eigenvalue weighted by molar-refractivity contribution is 8.17. The number of thiophene rings is 2. The number of allylic oxidation sites excluding steroid dienone is 5. The molecule has 0 saturated heterocycles. The number of benzene rings is 1. The Hall–Kier alpha value is -6.27. The van der Waals surface area contributed by atoms with Crippen LogP contribution in [0.5, 0.6) is 0 Å². The van der Waals surface area contributed by atoms with Crippen LogP contribution in [0.2, 0.25) is 5.15 Å². The van der Waals surface area contributed by atoms with Gasteiger partial charge in [-0.3, -0.25) is 14.6 Å². The zero-order valence-corrected chi connectivity index (χ0v) is 67.8. The van der Waals surface area contributed by atoms with Crippen molar-refractivity contribution >= 4 is 73.5 Å². The Bertz CT molecular complexity index is 3350. The van der Waals surface area contributed by atoms with E-state index in [9.17, 15) is 0 Å². The molecule has 11 nitrogen and oxygen atoms in total. The van der Waals surface area contributed by atoms with Gasteiger partial charge in [0.25, 0.3) is 0 Å². The van der Waals surface area contributed by atoms with Crippen molar-refractivity contribution in [2.24, 2.45) is 7.05 Å². The molecule has 9 aromatic rings. The van der Waals surface area contributed by atoms with Gasteiger partial charge < -0.3 is 18.6 Å². The second-order valence-corrected chi connectivity index (χ2v) is 30.2. The Morgan fingerprint density at radius 1 is 0.458 bits per heavy atom. The van der Waals surface area contributed by atoms with Crippen LogP contribution in [0.3, 0.4) is 0 Å². The Labute approximate surface area is 686 Å². The monoisotopic (exact) mass is 1600 g/mol. The van der Waals surface area contributed by atoms with Crippen molar-refractivity contribution < 1.29 is 18.6 Å². The molecule has 3 aliphatic rings. The number of hydrogen-bond donors (Lipinski definition) is 0. The molecule has 0 radical (unpaired) electrons. The number of hydrogen-bond acceptors (Lipinski definition) is 14. The Morgan fingerprint density at radius 3 is 1.16 bits per heavy atom. The van der Waals surface area contributed by atoms with Gasteiger partial charge in [-0.05, 0) is 301 Å². The SMILES string of the molecule is C.C.C.C.C.C.C.C.C.C.C.C.C=S1CCOC(C)=C1C.CC1=C(C)OCC1.CC1=C(C)OCCC1.Cc1cc(C)c(C)o1.Cc1cc(C)c(C)s1.Cc1ccccc1C.Cc1cccnc1C.Cc1cscc1C.Cc1csnc1C.Cc1nc(C)c(C)s1.Cc1nccnc1Cl.Cc1nn(C)c(C)c1C. The highest BCUT2D eigenvalue weighted by Gasteiger charge is 2.08. The molecular formula is C90H162ClN7O4S5. The van der Waals surface area contributed by atoms with Gasteiger partial charge in [-0.2, -0.15) is 31.3 Å². The lowest BCUT2D eigenvalue weighted by Gasteiger charge is -2.18. The number of nitrogens with zero attached hydrogens (tertiary/aromatic N) is 7. The fourth-order valence-electron chi connectivity index (χ4n) is 7.68. The van der Waals surface area contributed by atoms with Gasteiger partial charge in [0.1, 0.15) is 22.4 Å². The summed E-state index contributed by atoms with van der Waals surface area (Å²) in [7, 11) is 2.21. The van der Waals surface area contributed by atoms with Crippen molar-refractivity contribution in [1.82, 2.24) is 34.1 Å². The first kappa shape index (κ1) is 127. The molecule has 11 heterocycles. The summed E-state index contributed by atoms with van der Waals surface area (Å²) < 4.78 is 26.9. The first-order valence-electron chi connectivity index (χ1n) is 32.1. The summed E-state index contributed by atoms with van der Waals surface area (Å²) in [6.45, 7) is 58.4. The summed E-state index contributed by atoms with van der Waals surface area (Å²) in [6, 6.07) is 16.6. The third-order valence-corrected chi connectivity index (χ3v) is 21.9. The van der Waals surface area contributed by atoms with Crippen LogP contribution in [0.25, 0.3) is 0 Å². The minimum Gasteiger partial charge on any atom is -0.498 e. The molecule has 0 N–H and O–H groups in total. The summed E-state index contributed by atoms with van der Waals surface area (Å²) in [6.07, 6.45) is 8.54. The number of pyridine rings is 1. The van der Waals surface area contributed by atoms with E-state index in [1.165, 1.54) is 122 Å². The van der Waals surface area contributed by atoms with Gasteiger partial charge in [-0.25, -0.2) is 9.97 Å². The largest absolute Gasteiger partial charge is 0.498 e. The third-order valence-electron chi connectivity index (χ3n) is 15.8. The predicted octanol–water partition coefficient (Wildman–Crippen LogP) is 31.3. The maximum absolute atomic E-state index is 5.54. The van der Waals surface area contributed by atoms with Gasteiger partial charge in [-0.15, -0.1) is 22.7 Å². The lowest BCUT2D eigenvalue weighted by Crippen LogP contribution is -2.04. The highest BCUT2D eigenvalue weighted by atomic mass is 35.5. The van der Waals surface area contributed by atoms with Gasteiger partial charge in [0, 0.05) is 74.1 Å². The van der Waals surface area contributed by atoms with Gasteiger partial charge in [0.15, 0.2) is 0 Å². The number of ether oxygens (including phenoxy) is 3. The Kier molecular flexibility index (Phi) is 82.0. The van der Waals surface area contributed by atoms with Gasteiger partial charge in [0.2, 0.25) is 0 Å². The van der Waals surface area contributed by atoms with Crippen molar-refractivity contribution in [3.8, 4) is 0 Å². The number of halogens is 1. The van der Waals surface area contributed by atoms with Gasteiger partial charge in [-0.1, -0.05) is 137 Å². The van der Waals surface area contributed by atoms with Crippen LogP contribution < -0.4 is 0 Å². The van der Waals surface area contributed by atoms with Crippen LogP contribution in [0.4, 0.5) is 0 Å². The van der Waals surface area contributed by atoms with E-state index in [4.69, 9.17) is 30.2 Å². The fourth-order valence-corrected chi connectivity index (χ4v) is 12.1. The van der Waals surface area contributed by atoms with Crippen LogP contribution in [0.15, 0.2) is 121 Å². The number of aryl methyl sites for hydroxylation is 20. The van der Waals surface area contributed by atoms with E-state index < -0.39 is 0 Å².